The number of hydrogen-bond donors (Lipinski definition) is 0. The van der Waals surface area contributed by atoms with Crippen LogP contribution in [0.15, 0.2) is 78.3 Å². The molecule has 1 atom stereocenters. The Kier molecular flexibility index (Phi) is 6.96. The fourth-order valence-corrected chi connectivity index (χ4v) is 2.41. The first-order valence-corrected chi connectivity index (χ1v) is 8.22. The molecule has 2 aromatic rings. The monoisotopic (exact) mass is 321 g/mol. The summed E-state index contributed by atoms with van der Waals surface area (Å²) < 4.78 is 5.19. The molecule has 0 radical (unpaired) electrons. The minimum atomic E-state index is -0.529. The van der Waals surface area contributed by atoms with Crippen LogP contribution in [0, 0.1) is 0 Å². The standard InChI is InChI=1S/C21H23NO2/c1-3-5-16-19(21(23)24-4-2)22-20(17-12-8-6-9-13-17)18-14-10-7-11-15-18/h3,6-15,19H,1,4-5,16H2,2H3. The molecule has 2 aromatic carbocycles. The Bertz CT molecular complexity index is 636. The highest BCUT2D eigenvalue weighted by atomic mass is 16.5. The van der Waals surface area contributed by atoms with Crippen LogP contribution in [-0.2, 0) is 9.53 Å². The van der Waals surface area contributed by atoms with Crippen molar-refractivity contribution in [3.63, 3.8) is 0 Å². The van der Waals surface area contributed by atoms with E-state index in [4.69, 9.17) is 9.73 Å². The minimum absolute atomic E-state index is 0.288. The number of carbonyl (C=O) groups is 1. The van der Waals surface area contributed by atoms with Gasteiger partial charge in [-0.3, -0.25) is 4.99 Å². The van der Waals surface area contributed by atoms with Gasteiger partial charge in [-0.25, -0.2) is 4.79 Å². The average Bonchev–Trinajstić information content (AvgIpc) is 2.63. The third-order valence-corrected chi connectivity index (χ3v) is 3.58. The van der Waals surface area contributed by atoms with Crippen LogP contribution in [0.25, 0.3) is 0 Å². The van der Waals surface area contributed by atoms with Crippen LogP contribution in [0.1, 0.15) is 30.9 Å². The maximum Gasteiger partial charge on any atom is 0.330 e. The normalized spacial score (nSPS) is 11.4. The maximum absolute atomic E-state index is 12.3. The van der Waals surface area contributed by atoms with Crippen molar-refractivity contribution in [2.45, 2.75) is 25.8 Å². The van der Waals surface area contributed by atoms with Crippen molar-refractivity contribution in [1.29, 1.82) is 0 Å². The topological polar surface area (TPSA) is 38.7 Å². The van der Waals surface area contributed by atoms with E-state index in [-0.39, 0.29) is 5.97 Å². The van der Waals surface area contributed by atoms with Crippen molar-refractivity contribution in [2.24, 2.45) is 4.99 Å². The summed E-state index contributed by atoms with van der Waals surface area (Å²) in [4.78, 5) is 17.1. The maximum atomic E-state index is 12.3. The number of nitrogens with zero attached hydrogens (tertiary/aromatic N) is 1. The zero-order valence-corrected chi connectivity index (χ0v) is 14.0. The quantitative estimate of drug-likeness (QED) is 0.410. The van der Waals surface area contributed by atoms with Crippen molar-refractivity contribution in [1.82, 2.24) is 0 Å². The third-order valence-electron chi connectivity index (χ3n) is 3.58. The van der Waals surface area contributed by atoms with Gasteiger partial charge in [0.2, 0.25) is 0 Å². The Hall–Kier alpha value is -2.68. The van der Waals surface area contributed by atoms with Crippen molar-refractivity contribution in [3.8, 4) is 0 Å². The first-order chi connectivity index (χ1) is 11.8. The van der Waals surface area contributed by atoms with Gasteiger partial charge in [0.25, 0.3) is 0 Å². The number of carbonyl (C=O) groups excluding carboxylic acids is 1. The molecule has 0 bridgehead atoms. The molecule has 0 saturated carbocycles. The first-order valence-electron chi connectivity index (χ1n) is 8.22. The van der Waals surface area contributed by atoms with Crippen LogP contribution < -0.4 is 0 Å². The number of ether oxygens (including phenoxy) is 1. The Morgan fingerprint density at radius 2 is 1.62 bits per heavy atom. The van der Waals surface area contributed by atoms with E-state index >= 15 is 0 Å². The summed E-state index contributed by atoms with van der Waals surface area (Å²) in [7, 11) is 0. The van der Waals surface area contributed by atoms with E-state index in [9.17, 15) is 4.79 Å². The zero-order valence-electron chi connectivity index (χ0n) is 14.0. The largest absolute Gasteiger partial charge is 0.464 e. The summed E-state index contributed by atoms with van der Waals surface area (Å²) >= 11 is 0. The second kappa shape index (κ2) is 9.46. The Morgan fingerprint density at radius 1 is 1.08 bits per heavy atom. The predicted octanol–water partition coefficient (Wildman–Crippen LogP) is 4.42. The molecule has 0 spiro atoms. The molecule has 3 heteroatoms. The molecule has 0 amide bonds. The van der Waals surface area contributed by atoms with Crippen molar-refractivity contribution in [2.75, 3.05) is 6.61 Å². The molecule has 124 valence electrons. The second-order valence-electron chi connectivity index (χ2n) is 5.34. The van der Waals surface area contributed by atoms with Gasteiger partial charge in [-0.15, -0.1) is 6.58 Å². The SMILES string of the molecule is C=CCCC(N=C(c1ccccc1)c1ccccc1)C(=O)OCC. The molecule has 0 aromatic heterocycles. The van der Waals surface area contributed by atoms with Gasteiger partial charge < -0.3 is 4.74 Å². The summed E-state index contributed by atoms with van der Waals surface area (Å²) in [5.41, 5.74) is 2.77. The molecular weight excluding hydrogens is 298 g/mol. The lowest BCUT2D eigenvalue weighted by Crippen LogP contribution is -2.23. The van der Waals surface area contributed by atoms with Gasteiger partial charge in [-0.05, 0) is 19.8 Å². The summed E-state index contributed by atoms with van der Waals surface area (Å²) in [6.07, 6.45) is 3.10. The highest BCUT2D eigenvalue weighted by Gasteiger charge is 2.20. The summed E-state index contributed by atoms with van der Waals surface area (Å²) in [6.45, 7) is 5.89. The molecule has 0 fully saturated rings. The van der Waals surface area contributed by atoms with Gasteiger partial charge in [0.1, 0.15) is 6.04 Å². The van der Waals surface area contributed by atoms with E-state index in [0.29, 0.717) is 19.4 Å². The van der Waals surface area contributed by atoms with E-state index in [1.165, 1.54) is 0 Å². The molecule has 0 aliphatic rings. The predicted molar refractivity (Wildman–Crippen MR) is 98.4 cm³/mol. The number of hydrogen-bond acceptors (Lipinski definition) is 3. The number of esters is 1. The van der Waals surface area contributed by atoms with Gasteiger partial charge in [-0.2, -0.15) is 0 Å². The highest BCUT2D eigenvalue weighted by molar-refractivity contribution is 6.13. The molecule has 0 aliphatic carbocycles. The fourth-order valence-electron chi connectivity index (χ4n) is 2.41. The Balaban J connectivity index is 2.44. The lowest BCUT2D eigenvalue weighted by atomic mass is 10.0. The summed E-state index contributed by atoms with van der Waals surface area (Å²) in [6, 6.07) is 19.3. The fraction of sp³-hybridized carbons (Fsp3) is 0.238. The zero-order chi connectivity index (χ0) is 17.2. The van der Waals surface area contributed by atoms with E-state index in [0.717, 1.165) is 16.8 Å². The van der Waals surface area contributed by atoms with Crippen LogP contribution in [-0.4, -0.2) is 24.3 Å². The van der Waals surface area contributed by atoms with Gasteiger partial charge >= 0.3 is 5.97 Å². The molecule has 0 heterocycles. The molecule has 1 unspecified atom stereocenters. The van der Waals surface area contributed by atoms with Crippen molar-refractivity contribution < 1.29 is 9.53 Å². The van der Waals surface area contributed by atoms with Crippen LogP contribution in [0.2, 0.25) is 0 Å². The number of aliphatic imine (C=N–C) groups is 1. The number of allylic oxidation sites excluding steroid dienone is 1. The van der Waals surface area contributed by atoms with Crippen molar-refractivity contribution >= 4 is 11.7 Å². The lowest BCUT2D eigenvalue weighted by Gasteiger charge is -2.14. The van der Waals surface area contributed by atoms with Crippen LogP contribution >= 0.6 is 0 Å². The molecule has 3 nitrogen and oxygen atoms in total. The smallest absolute Gasteiger partial charge is 0.330 e. The first kappa shape index (κ1) is 17.7. The molecule has 24 heavy (non-hydrogen) atoms. The van der Waals surface area contributed by atoms with E-state index in [2.05, 4.69) is 6.58 Å². The molecule has 0 N–H and O–H groups in total. The van der Waals surface area contributed by atoms with Gasteiger partial charge in [0.05, 0.1) is 12.3 Å². The Labute approximate surface area is 143 Å². The average molecular weight is 321 g/mol. The van der Waals surface area contributed by atoms with E-state index < -0.39 is 6.04 Å². The lowest BCUT2D eigenvalue weighted by molar-refractivity contribution is -0.144. The third kappa shape index (κ3) is 4.92. The molecule has 0 aliphatic heterocycles. The van der Waals surface area contributed by atoms with E-state index in [1.807, 2.05) is 67.6 Å². The molecule has 2 rings (SSSR count). The Morgan fingerprint density at radius 3 is 2.08 bits per heavy atom. The number of rotatable bonds is 8. The minimum Gasteiger partial charge on any atom is -0.464 e. The molecular formula is C21H23NO2. The molecule has 0 saturated heterocycles. The second-order valence-corrected chi connectivity index (χ2v) is 5.34. The van der Waals surface area contributed by atoms with Crippen LogP contribution in [0.5, 0.6) is 0 Å². The summed E-state index contributed by atoms with van der Waals surface area (Å²) in [5, 5.41) is 0. The van der Waals surface area contributed by atoms with Gasteiger partial charge in [0.15, 0.2) is 0 Å². The van der Waals surface area contributed by atoms with Crippen LogP contribution in [0.4, 0.5) is 0 Å². The summed E-state index contributed by atoms with van der Waals surface area (Å²) in [5.74, 6) is -0.288. The number of benzene rings is 2. The highest BCUT2D eigenvalue weighted by Crippen LogP contribution is 2.15. The van der Waals surface area contributed by atoms with E-state index in [1.54, 1.807) is 6.08 Å². The van der Waals surface area contributed by atoms with Gasteiger partial charge in [0, 0.05) is 11.1 Å². The van der Waals surface area contributed by atoms with Crippen molar-refractivity contribution in [3.05, 3.63) is 84.4 Å². The van der Waals surface area contributed by atoms with Crippen LogP contribution in [0.3, 0.4) is 0 Å². The van der Waals surface area contributed by atoms with Gasteiger partial charge in [-0.1, -0.05) is 66.7 Å².